The van der Waals surface area contributed by atoms with E-state index in [9.17, 15) is 18.0 Å². The lowest BCUT2D eigenvalue weighted by Gasteiger charge is -2.28. The summed E-state index contributed by atoms with van der Waals surface area (Å²) in [5, 5.41) is 6.99. The molecule has 2 aromatic rings. The summed E-state index contributed by atoms with van der Waals surface area (Å²) >= 11 is 0. The summed E-state index contributed by atoms with van der Waals surface area (Å²) in [6.07, 6.45) is 1.69. The van der Waals surface area contributed by atoms with Gasteiger partial charge >= 0.3 is 0 Å². The summed E-state index contributed by atoms with van der Waals surface area (Å²) in [6, 6.07) is 7.75. The fraction of sp³-hybridized carbons (Fsp3) is 0.389. The van der Waals surface area contributed by atoms with E-state index in [1.54, 1.807) is 29.8 Å². The van der Waals surface area contributed by atoms with Crippen LogP contribution in [0.2, 0.25) is 0 Å². The fourth-order valence-corrected chi connectivity index (χ4v) is 4.11. The maximum atomic E-state index is 13.1. The first-order valence-corrected chi connectivity index (χ1v) is 10.6. The van der Waals surface area contributed by atoms with E-state index < -0.39 is 15.7 Å². The molecule has 1 aromatic carbocycles. The van der Waals surface area contributed by atoms with Crippen LogP contribution in [0.4, 0.5) is 0 Å². The standard InChI is InChI=1S/C18H22N4O4S/c1-4-20-15(12-13(2)19-20)18(24)22-11-7-10-21(22)17(23)14-8-5-6-9-16(14)27(3,25)26/h5-6,8-9,12H,4,7,10-11H2,1-3H3. The van der Waals surface area contributed by atoms with E-state index in [4.69, 9.17) is 0 Å². The Morgan fingerprint density at radius 1 is 1.11 bits per heavy atom. The number of aromatic nitrogens is 2. The normalized spacial score (nSPS) is 14.6. The van der Waals surface area contributed by atoms with E-state index in [0.717, 1.165) is 11.9 Å². The molecule has 1 aliphatic rings. The van der Waals surface area contributed by atoms with E-state index in [-0.39, 0.29) is 16.4 Å². The van der Waals surface area contributed by atoms with E-state index in [0.29, 0.717) is 31.7 Å². The first-order chi connectivity index (χ1) is 12.7. The number of carbonyl (C=O) groups excluding carboxylic acids is 2. The molecule has 0 unspecified atom stereocenters. The van der Waals surface area contributed by atoms with Gasteiger partial charge in [0.05, 0.1) is 16.2 Å². The SMILES string of the molecule is CCn1nc(C)cc1C(=O)N1CCCN1C(=O)c1ccccc1S(C)(=O)=O. The van der Waals surface area contributed by atoms with Crippen LogP contribution in [0.25, 0.3) is 0 Å². The average molecular weight is 390 g/mol. The molecule has 0 radical (unpaired) electrons. The van der Waals surface area contributed by atoms with Gasteiger partial charge in [0.25, 0.3) is 11.8 Å². The number of carbonyl (C=O) groups is 2. The van der Waals surface area contributed by atoms with Crippen molar-refractivity contribution in [3.63, 3.8) is 0 Å². The molecule has 0 N–H and O–H groups in total. The zero-order valence-corrected chi connectivity index (χ0v) is 16.4. The second-order valence-electron chi connectivity index (χ2n) is 6.47. The van der Waals surface area contributed by atoms with Gasteiger partial charge in [0, 0.05) is 25.9 Å². The molecular formula is C18H22N4O4S. The van der Waals surface area contributed by atoms with Crippen LogP contribution in [0.3, 0.4) is 0 Å². The van der Waals surface area contributed by atoms with Crippen LogP contribution in [-0.2, 0) is 16.4 Å². The first-order valence-electron chi connectivity index (χ1n) is 8.71. The highest BCUT2D eigenvalue weighted by molar-refractivity contribution is 7.90. The molecule has 2 amide bonds. The molecule has 1 aromatic heterocycles. The van der Waals surface area contributed by atoms with Gasteiger partial charge in [-0.2, -0.15) is 5.10 Å². The summed E-state index contributed by atoms with van der Waals surface area (Å²) in [5.41, 5.74) is 1.20. The summed E-state index contributed by atoms with van der Waals surface area (Å²) in [7, 11) is -3.57. The molecule has 0 spiro atoms. The number of benzene rings is 1. The second kappa shape index (κ2) is 7.15. The monoisotopic (exact) mass is 390 g/mol. The van der Waals surface area contributed by atoms with Gasteiger partial charge in [0.1, 0.15) is 5.69 Å². The number of sulfone groups is 1. The molecule has 0 saturated carbocycles. The highest BCUT2D eigenvalue weighted by Crippen LogP contribution is 2.22. The van der Waals surface area contributed by atoms with Gasteiger partial charge in [0.2, 0.25) is 0 Å². The minimum Gasteiger partial charge on any atom is -0.267 e. The molecule has 1 saturated heterocycles. The predicted octanol–water partition coefficient (Wildman–Crippen LogP) is 1.52. The molecule has 0 atom stereocenters. The Morgan fingerprint density at radius 2 is 1.74 bits per heavy atom. The molecule has 0 aliphatic carbocycles. The topological polar surface area (TPSA) is 92.6 Å². The number of aryl methyl sites for hydroxylation is 2. The van der Waals surface area contributed by atoms with Gasteiger partial charge in [-0.05, 0) is 38.5 Å². The summed E-state index contributed by atoms with van der Waals surface area (Å²) in [4.78, 5) is 26.0. The van der Waals surface area contributed by atoms with Crippen LogP contribution < -0.4 is 0 Å². The molecular weight excluding hydrogens is 368 g/mol. The molecule has 1 aliphatic heterocycles. The van der Waals surface area contributed by atoms with Crippen LogP contribution in [0.15, 0.2) is 35.2 Å². The summed E-state index contributed by atoms with van der Waals surface area (Å²) in [6.45, 7) is 4.96. The zero-order valence-electron chi connectivity index (χ0n) is 15.5. The number of rotatable bonds is 4. The molecule has 3 rings (SSSR count). The lowest BCUT2D eigenvalue weighted by atomic mass is 10.2. The Balaban J connectivity index is 1.96. The Hall–Kier alpha value is -2.68. The van der Waals surface area contributed by atoms with Crippen LogP contribution in [0.5, 0.6) is 0 Å². The van der Waals surface area contributed by atoms with Gasteiger partial charge in [-0.15, -0.1) is 0 Å². The Labute approximate surface area is 158 Å². The quantitative estimate of drug-likeness (QED) is 0.789. The number of hydrazine groups is 1. The molecule has 8 nitrogen and oxygen atoms in total. The van der Waals surface area contributed by atoms with Crippen molar-refractivity contribution < 1.29 is 18.0 Å². The van der Waals surface area contributed by atoms with Crippen LogP contribution in [0, 0.1) is 6.92 Å². The fourth-order valence-electron chi connectivity index (χ4n) is 3.23. The summed E-state index contributed by atoms with van der Waals surface area (Å²) < 4.78 is 25.7. The molecule has 1 fully saturated rings. The van der Waals surface area contributed by atoms with Crippen molar-refractivity contribution in [3.05, 3.63) is 47.3 Å². The largest absolute Gasteiger partial charge is 0.290 e. The van der Waals surface area contributed by atoms with E-state index in [1.165, 1.54) is 22.2 Å². The van der Waals surface area contributed by atoms with Crippen molar-refractivity contribution in [2.75, 3.05) is 19.3 Å². The minimum atomic E-state index is -3.57. The van der Waals surface area contributed by atoms with Crippen molar-refractivity contribution >= 4 is 21.7 Å². The van der Waals surface area contributed by atoms with Gasteiger partial charge in [-0.25, -0.2) is 18.4 Å². The van der Waals surface area contributed by atoms with Gasteiger partial charge in [0.15, 0.2) is 9.84 Å². The third-order valence-electron chi connectivity index (χ3n) is 4.44. The minimum absolute atomic E-state index is 0.0382. The second-order valence-corrected chi connectivity index (χ2v) is 8.45. The Bertz CT molecular complexity index is 997. The van der Waals surface area contributed by atoms with E-state index >= 15 is 0 Å². The smallest absolute Gasteiger partial charge is 0.267 e. The molecule has 27 heavy (non-hydrogen) atoms. The Kier molecular flexibility index (Phi) is 5.05. The number of hydrogen-bond donors (Lipinski definition) is 0. The van der Waals surface area contributed by atoms with Crippen LogP contribution in [0.1, 0.15) is 39.9 Å². The van der Waals surface area contributed by atoms with Crippen molar-refractivity contribution in [3.8, 4) is 0 Å². The zero-order chi connectivity index (χ0) is 19.8. The van der Waals surface area contributed by atoms with Crippen LogP contribution >= 0.6 is 0 Å². The maximum Gasteiger partial charge on any atom is 0.290 e. The number of amides is 2. The van der Waals surface area contributed by atoms with Gasteiger partial charge in [-0.3, -0.25) is 14.3 Å². The first kappa shape index (κ1) is 19.1. The van der Waals surface area contributed by atoms with Crippen molar-refractivity contribution in [2.45, 2.75) is 31.7 Å². The van der Waals surface area contributed by atoms with Gasteiger partial charge in [-0.1, -0.05) is 12.1 Å². The number of nitrogens with zero attached hydrogens (tertiary/aromatic N) is 4. The van der Waals surface area contributed by atoms with Crippen molar-refractivity contribution in [1.82, 2.24) is 19.8 Å². The highest BCUT2D eigenvalue weighted by atomic mass is 32.2. The molecule has 2 heterocycles. The van der Waals surface area contributed by atoms with Crippen molar-refractivity contribution in [2.24, 2.45) is 0 Å². The van der Waals surface area contributed by atoms with Crippen molar-refractivity contribution in [1.29, 1.82) is 0 Å². The third kappa shape index (κ3) is 3.59. The number of hydrogen-bond acceptors (Lipinski definition) is 5. The molecule has 144 valence electrons. The Morgan fingerprint density at radius 3 is 2.37 bits per heavy atom. The lowest BCUT2D eigenvalue weighted by Crippen LogP contribution is -2.45. The highest BCUT2D eigenvalue weighted by Gasteiger charge is 2.35. The third-order valence-corrected chi connectivity index (χ3v) is 5.59. The predicted molar refractivity (Wildman–Crippen MR) is 98.9 cm³/mol. The van der Waals surface area contributed by atoms with Crippen LogP contribution in [-0.4, -0.2) is 59.4 Å². The maximum absolute atomic E-state index is 13.1. The summed E-state index contributed by atoms with van der Waals surface area (Å²) in [5.74, 6) is -0.818. The van der Waals surface area contributed by atoms with E-state index in [1.807, 2.05) is 6.92 Å². The lowest BCUT2D eigenvalue weighted by molar-refractivity contribution is 0.0176. The average Bonchev–Trinajstić information content (AvgIpc) is 3.26. The van der Waals surface area contributed by atoms with Gasteiger partial charge < -0.3 is 0 Å². The molecule has 0 bridgehead atoms. The van der Waals surface area contributed by atoms with E-state index in [2.05, 4.69) is 5.10 Å². The molecule has 9 heteroatoms.